The van der Waals surface area contributed by atoms with Crippen LogP contribution in [0.1, 0.15) is 0 Å². The zero-order chi connectivity index (χ0) is 3.41. The van der Waals surface area contributed by atoms with Crippen LogP contribution in [0.5, 0.6) is 0 Å². The van der Waals surface area contributed by atoms with Gasteiger partial charge in [0.1, 0.15) is 0 Å². The SMILES string of the molecule is CO[PH2]=O.Cl. The van der Waals surface area contributed by atoms with Gasteiger partial charge in [-0.3, -0.25) is 4.57 Å². The lowest BCUT2D eigenvalue weighted by Gasteiger charge is -1.63. The van der Waals surface area contributed by atoms with Crippen LogP contribution in [0.15, 0.2) is 0 Å². The summed E-state index contributed by atoms with van der Waals surface area (Å²) in [6.45, 7) is 0. The van der Waals surface area contributed by atoms with Gasteiger partial charge in [0.25, 0.3) is 0 Å². The maximum absolute atomic E-state index is 9.16. The first-order valence-corrected chi connectivity index (χ1v) is 1.82. The summed E-state index contributed by atoms with van der Waals surface area (Å²) in [7, 11) is 0.437. The number of halogens is 1. The minimum absolute atomic E-state index is 0. The average Bonchev–Trinajstić information content (AvgIpc) is 1.37. The summed E-state index contributed by atoms with van der Waals surface area (Å²) >= 11 is 0. The van der Waals surface area contributed by atoms with Crippen molar-refractivity contribution in [2.75, 3.05) is 7.11 Å². The maximum atomic E-state index is 9.16. The third-order valence-corrected chi connectivity index (χ3v) is 0.289. The Morgan fingerprint density at radius 2 is 2.00 bits per heavy atom. The van der Waals surface area contributed by atoms with Crippen molar-refractivity contribution < 1.29 is 9.09 Å². The first-order chi connectivity index (χ1) is 1.91. The fourth-order valence-electron chi connectivity index (χ4n) is 0. The van der Waals surface area contributed by atoms with Crippen LogP contribution in [0.4, 0.5) is 0 Å². The van der Waals surface area contributed by atoms with E-state index in [0.717, 1.165) is 0 Å². The molecule has 0 fully saturated rings. The van der Waals surface area contributed by atoms with Crippen LogP contribution in [0.2, 0.25) is 0 Å². The lowest BCUT2D eigenvalue weighted by Crippen LogP contribution is -1.42. The van der Waals surface area contributed by atoms with E-state index >= 15 is 0 Å². The second-order valence-corrected chi connectivity index (χ2v) is 0.996. The lowest BCUT2D eigenvalue weighted by atomic mass is 11.8. The molecule has 0 aliphatic carbocycles. The standard InChI is InChI=1S/CH5O2P.ClH/c1-3-4-2;/h4H2,1H3;1H. The summed E-state index contributed by atoms with van der Waals surface area (Å²) in [4.78, 5) is 0. The third-order valence-electron chi connectivity index (χ3n) is 0.0962. The monoisotopic (exact) mass is 116 g/mol. The molecule has 0 aliphatic rings. The highest BCUT2D eigenvalue weighted by Gasteiger charge is 1.43. The zero-order valence-corrected chi connectivity index (χ0v) is 4.77. The molecule has 2 nitrogen and oxygen atoms in total. The fraction of sp³-hybridized carbons (Fsp3) is 1.00. The van der Waals surface area contributed by atoms with Crippen LogP contribution in [0.25, 0.3) is 0 Å². The van der Waals surface area contributed by atoms with Crippen LogP contribution in [-0.4, -0.2) is 7.11 Å². The van der Waals surface area contributed by atoms with E-state index in [2.05, 4.69) is 4.52 Å². The molecule has 4 heteroatoms. The molecule has 0 heterocycles. The number of hydrogen-bond donors (Lipinski definition) is 0. The Labute approximate surface area is 38.2 Å². The topological polar surface area (TPSA) is 26.3 Å². The summed E-state index contributed by atoms with van der Waals surface area (Å²) in [5, 5.41) is 0. The van der Waals surface area contributed by atoms with Crippen molar-refractivity contribution in [1.29, 1.82) is 0 Å². The van der Waals surface area contributed by atoms with Crippen LogP contribution >= 0.6 is 21.1 Å². The van der Waals surface area contributed by atoms with E-state index in [4.69, 9.17) is 4.57 Å². The van der Waals surface area contributed by atoms with Gasteiger partial charge in [-0.1, -0.05) is 0 Å². The molecule has 1 atom stereocenters. The molecule has 0 N–H and O–H groups in total. The minimum atomic E-state index is -0.968. The van der Waals surface area contributed by atoms with Crippen LogP contribution < -0.4 is 0 Å². The fourth-order valence-corrected chi connectivity index (χ4v) is 0. The molecular formula is CH6ClO2P. The Hall–Kier alpha value is 0.480. The van der Waals surface area contributed by atoms with Gasteiger partial charge in [-0.25, -0.2) is 0 Å². The molecule has 0 spiro atoms. The second-order valence-electron chi connectivity index (χ2n) is 0.332. The highest BCUT2D eigenvalue weighted by Crippen LogP contribution is 1.83. The number of rotatable bonds is 1. The summed E-state index contributed by atoms with van der Waals surface area (Å²) in [5.41, 5.74) is 0. The molecule has 0 saturated carbocycles. The van der Waals surface area contributed by atoms with Crippen LogP contribution in [0, 0.1) is 0 Å². The summed E-state index contributed by atoms with van der Waals surface area (Å²) in [6.07, 6.45) is 0. The summed E-state index contributed by atoms with van der Waals surface area (Å²) in [6, 6.07) is 0. The van der Waals surface area contributed by atoms with Crippen molar-refractivity contribution in [1.82, 2.24) is 0 Å². The van der Waals surface area contributed by atoms with Crippen LogP contribution in [0.3, 0.4) is 0 Å². The van der Waals surface area contributed by atoms with E-state index < -0.39 is 8.69 Å². The molecule has 0 rings (SSSR count). The predicted octanol–water partition coefficient (Wildman–Crippen LogP) is 0.726. The average molecular weight is 116 g/mol. The summed E-state index contributed by atoms with van der Waals surface area (Å²) in [5.74, 6) is 0. The molecule has 0 aromatic rings. The zero-order valence-electron chi connectivity index (χ0n) is 2.80. The van der Waals surface area contributed by atoms with Crippen molar-refractivity contribution in [3.8, 4) is 0 Å². The second kappa shape index (κ2) is 8.82. The largest absolute Gasteiger partial charge is 0.336 e. The van der Waals surface area contributed by atoms with E-state index in [1.165, 1.54) is 7.11 Å². The van der Waals surface area contributed by atoms with Crippen molar-refractivity contribution >= 4 is 21.1 Å². The normalized spacial score (nSPS) is 8.20. The van der Waals surface area contributed by atoms with Gasteiger partial charge in [-0.05, 0) is 0 Å². The first kappa shape index (κ1) is 9.08. The Morgan fingerprint density at radius 3 is 2.00 bits per heavy atom. The molecule has 34 valence electrons. The quantitative estimate of drug-likeness (QED) is 0.472. The van der Waals surface area contributed by atoms with Crippen molar-refractivity contribution in [2.24, 2.45) is 0 Å². The Morgan fingerprint density at radius 1 is 1.80 bits per heavy atom. The molecule has 0 aromatic carbocycles. The van der Waals surface area contributed by atoms with Gasteiger partial charge in [-0.2, -0.15) is 0 Å². The van der Waals surface area contributed by atoms with Gasteiger partial charge in [-0.15, -0.1) is 12.4 Å². The van der Waals surface area contributed by atoms with Gasteiger partial charge in [0, 0.05) is 7.11 Å². The summed E-state index contributed by atoms with van der Waals surface area (Å²) < 4.78 is 13.2. The van der Waals surface area contributed by atoms with Crippen molar-refractivity contribution in [3.05, 3.63) is 0 Å². The minimum Gasteiger partial charge on any atom is -0.336 e. The highest BCUT2D eigenvalue weighted by molar-refractivity contribution is 7.17. The smallest absolute Gasteiger partial charge is 0.179 e. The van der Waals surface area contributed by atoms with Gasteiger partial charge < -0.3 is 4.52 Å². The van der Waals surface area contributed by atoms with Crippen molar-refractivity contribution in [3.63, 3.8) is 0 Å². The van der Waals surface area contributed by atoms with Gasteiger partial charge in [0.15, 0.2) is 8.69 Å². The molecule has 0 amide bonds. The molecule has 0 aliphatic heterocycles. The maximum Gasteiger partial charge on any atom is 0.179 e. The Kier molecular flexibility index (Phi) is 16.0. The van der Waals surface area contributed by atoms with Gasteiger partial charge in [0.05, 0.1) is 0 Å². The van der Waals surface area contributed by atoms with E-state index in [0.29, 0.717) is 0 Å². The molecule has 0 radical (unpaired) electrons. The molecule has 0 saturated heterocycles. The predicted molar refractivity (Wildman–Crippen MR) is 24.7 cm³/mol. The molecule has 1 unspecified atom stereocenters. The van der Waals surface area contributed by atoms with Gasteiger partial charge in [0.2, 0.25) is 0 Å². The van der Waals surface area contributed by atoms with E-state index in [-0.39, 0.29) is 12.4 Å². The van der Waals surface area contributed by atoms with E-state index in [9.17, 15) is 0 Å². The lowest BCUT2D eigenvalue weighted by molar-refractivity contribution is 0.433. The van der Waals surface area contributed by atoms with Crippen molar-refractivity contribution in [2.45, 2.75) is 0 Å². The van der Waals surface area contributed by atoms with Gasteiger partial charge >= 0.3 is 0 Å². The molecular weight excluding hydrogens is 110 g/mol. The first-order valence-electron chi connectivity index (χ1n) is 0.880. The molecule has 0 bridgehead atoms. The van der Waals surface area contributed by atoms with Crippen LogP contribution in [-0.2, 0) is 9.09 Å². The number of hydrogen-bond acceptors (Lipinski definition) is 2. The molecule has 0 aromatic heterocycles. The Bertz CT molecular complexity index is 23.6. The Balaban J connectivity index is 0. The third kappa shape index (κ3) is 12.6. The van der Waals surface area contributed by atoms with E-state index in [1.807, 2.05) is 0 Å². The van der Waals surface area contributed by atoms with E-state index in [1.54, 1.807) is 0 Å². The highest BCUT2D eigenvalue weighted by atomic mass is 35.5. The molecule has 5 heavy (non-hydrogen) atoms.